The van der Waals surface area contributed by atoms with Crippen LogP contribution < -0.4 is 5.32 Å². The Labute approximate surface area is 208 Å². The van der Waals surface area contributed by atoms with E-state index in [0.29, 0.717) is 13.1 Å². The van der Waals surface area contributed by atoms with Crippen LogP contribution in [0.5, 0.6) is 0 Å². The smallest absolute Gasteiger partial charge is 0.410 e. The lowest BCUT2D eigenvalue weighted by Crippen LogP contribution is -2.65. The number of amides is 3. The number of nitrogens with one attached hydrogen (secondary N) is 1. The minimum atomic E-state index is -1.02. The predicted molar refractivity (Wildman–Crippen MR) is 130 cm³/mol. The summed E-state index contributed by atoms with van der Waals surface area (Å²) in [5.74, 6) is -1.85. The van der Waals surface area contributed by atoms with Crippen molar-refractivity contribution in [2.24, 2.45) is 5.92 Å². The minimum absolute atomic E-state index is 0.0599. The van der Waals surface area contributed by atoms with Crippen molar-refractivity contribution in [2.75, 3.05) is 26.7 Å². The maximum atomic E-state index is 13.9. The molecule has 4 atom stereocenters. The lowest BCUT2D eigenvalue weighted by atomic mass is 9.82. The molecule has 35 heavy (non-hydrogen) atoms. The number of fused-ring (bicyclic) bond motifs is 1. The number of nitrogens with zero attached hydrogens (tertiary/aromatic N) is 3. The first-order chi connectivity index (χ1) is 16.4. The van der Waals surface area contributed by atoms with E-state index in [0.717, 1.165) is 51.5 Å². The van der Waals surface area contributed by atoms with Gasteiger partial charge in [-0.1, -0.05) is 19.3 Å². The molecular weight excluding hydrogens is 452 g/mol. The summed E-state index contributed by atoms with van der Waals surface area (Å²) in [6.45, 7) is 8.39. The summed E-state index contributed by atoms with van der Waals surface area (Å²) >= 11 is 0. The summed E-state index contributed by atoms with van der Waals surface area (Å²) in [4.78, 5) is 56.6. The van der Waals surface area contributed by atoms with Gasteiger partial charge in [-0.2, -0.15) is 0 Å². The first kappa shape index (κ1) is 27.2. The number of piperazine rings is 1. The van der Waals surface area contributed by atoms with Crippen LogP contribution in [0.3, 0.4) is 0 Å². The van der Waals surface area contributed by atoms with Gasteiger partial charge in [0.25, 0.3) is 0 Å². The molecule has 10 heteroatoms. The third-order valence-electron chi connectivity index (χ3n) is 7.59. The van der Waals surface area contributed by atoms with Crippen LogP contribution in [0.4, 0.5) is 4.79 Å². The fourth-order valence-electron chi connectivity index (χ4n) is 5.44. The predicted octanol–water partition coefficient (Wildman–Crippen LogP) is 2.07. The first-order valence-electron chi connectivity index (χ1n) is 12.9. The monoisotopic (exact) mass is 494 g/mol. The summed E-state index contributed by atoms with van der Waals surface area (Å²) < 4.78 is 5.38. The Hall–Kier alpha value is -2.36. The second-order valence-electron chi connectivity index (χ2n) is 11.3. The number of likely N-dealkylation sites (N-methyl/N-ethyl adjacent to an activating group) is 1. The van der Waals surface area contributed by atoms with Gasteiger partial charge in [-0.3, -0.25) is 19.4 Å². The van der Waals surface area contributed by atoms with E-state index in [1.807, 2.05) is 0 Å². The fraction of sp³-hybridized carbons (Fsp3) is 0.840. The molecule has 10 nitrogen and oxygen atoms in total. The molecule has 0 aromatic carbocycles. The summed E-state index contributed by atoms with van der Waals surface area (Å²) in [7, 11) is 1.50. The van der Waals surface area contributed by atoms with Gasteiger partial charge in [0, 0.05) is 26.2 Å². The second-order valence-corrected chi connectivity index (χ2v) is 11.3. The lowest BCUT2D eigenvalue weighted by molar-refractivity contribution is -0.157. The van der Waals surface area contributed by atoms with E-state index in [1.165, 1.54) is 16.8 Å². The van der Waals surface area contributed by atoms with Crippen LogP contribution in [0, 0.1) is 5.92 Å². The maximum Gasteiger partial charge on any atom is 0.410 e. The highest BCUT2D eigenvalue weighted by Crippen LogP contribution is 2.30. The molecule has 2 N–H and O–H groups in total. The molecule has 1 aliphatic carbocycles. The molecule has 3 fully saturated rings. The van der Waals surface area contributed by atoms with Crippen molar-refractivity contribution in [1.29, 1.82) is 0 Å². The number of carboxylic acids is 1. The Balaban J connectivity index is 1.78. The Morgan fingerprint density at radius 2 is 1.69 bits per heavy atom. The molecule has 0 bridgehead atoms. The van der Waals surface area contributed by atoms with Crippen molar-refractivity contribution < 1.29 is 29.0 Å². The van der Waals surface area contributed by atoms with E-state index in [2.05, 4.69) is 10.2 Å². The molecule has 0 aromatic rings. The largest absolute Gasteiger partial charge is 0.480 e. The average molecular weight is 495 g/mol. The van der Waals surface area contributed by atoms with Crippen LogP contribution in [-0.2, 0) is 19.1 Å². The quantitative estimate of drug-likeness (QED) is 0.580. The molecule has 1 saturated carbocycles. The number of hydrogen-bond acceptors (Lipinski definition) is 6. The zero-order chi connectivity index (χ0) is 25.9. The molecular formula is C25H42N4O6. The van der Waals surface area contributed by atoms with Crippen LogP contribution in [0.1, 0.15) is 72.6 Å². The van der Waals surface area contributed by atoms with Crippen molar-refractivity contribution in [3.05, 3.63) is 0 Å². The lowest BCUT2D eigenvalue weighted by Gasteiger charge is -2.44. The zero-order valence-electron chi connectivity index (χ0n) is 21.8. The third-order valence-corrected chi connectivity index (χ3v) is 7.59. The molecule has 2 aliphatic heterocycles. The zero-order valence-corrected chi connectivity index (χ0v) is 21.8. The van der Waals surface area contributed by atoms with Crippen molar-refractivity contribution in [1.82, 2.24) is 20.0 Å². The van der Waals surface area contributed by atoms with Crippen LogP contribution in [0.2, 0.25) is 0 Å². The van der Waals surface area contributed by atoms with E-state index in [9.17, 15) is 24.3 Å². The second kappa shape index (κ2) is 11.1. The number of carbonyl (C=O) groups excluding carboxylic acids is 3. The molecule has 3 rings (SSSR count). The third kappa shape index (κ3) is 6.65. The van der Waals surface area contributed by atoms with E-state index >= 15 is 0 Å². The topological polar surface area (TPSA) is 119 Å². The molecule has 0 unspecified atom stereocenters. The van der Waals surface area contributed by atoms with Crippen molar-refractivity contribution in [3.63, 3.8) is 0 Å². The van der Waals surface area contributed by atoms with E-state index < -0.39 is 41.7 Å². The van der Waals surface area contributed by atoms with E-state index in [4.69, 9.17) is 4.74 Å². The number of rotatable bonds is 6. The average Bonchev–Trinajstić information content (AvgIpc) is 3.27. The van der Waals surface area contributed by atoms with Crippen LogP contribution >= 0.6 is 0 Å². The Kier molecular flexibility index (Phi) is 8.67. The SMILES string of the molecule is C[C@@H](C(=O)N[C@H](C(=O)N1C[C@H]2CCCN2C[C@H]1C(=O)O)C1CCCCC1)N(C)C(=O)OC(C)(C)C. The van der Waals surface area contributed by atoms with Crippen LogP contribution in [-0.4, -0.2) is 100 Å². The Bertz CT molecular complexity index is 806. The maximum absolute atomic E-state index is 13.9. The molecule has 198 valence electrons. The Morgan fingerprint density at radius 3 is 2.29 bits per heavy atom. The van der Waals surface area contributed by atoms with Crippen LogP contribution in [0.25, 0.3) is 0 Å². The van der Waals surface area contributed by atoms with Gasteiger partial charge in [0.2, 0.25) is 11.8 Å². The molecule has 0 radical (unpaired) electrons. The minimum Gasteiger partial charge on any atom is -0.480 e. The molecule has 0 aromatic heterocycles. The number of carbonyl (C=O) groups is 4. The molecule has 3 aliphatic rings. The normalized spacial score (nSPS) is 25.3. The van der Waals surface area contributed by atoms with Gasteiger partial charge >= 0.3 is 12.1 Å². The number of aliphatic carboxylic acids is 1. The van der Waals surface area contributed by atoms with Crippen molar-refractivity contribution >= 4 is 23.9 Å². The standard InChI is InChI=1S/C25H42N4O6/c1-16(27(5)24(34)35-25(2,3)4)21(30)26-20(17-10-7-6-8-11-17)22(31)29-14-18-12-9-13-28(18)15-19(29)23(32)33/h16-20H,6-15H2,1-5H3,(H,26,30)(H,32,33)/t16-,18+,19-,20-/m0/s1. The van der Waals surface area contributed by atoms with Gasteiger partial charge in [-0.25, -0.2) is 9.59 Å². The Morgan fingerprint density at radius 1 is 1.03 bits per heavy atom. The van der Waals surface area contributed by atoms with Gasteiger partial charge in [-0.15, -0.1) is 0 Å². The van der Waals surface area contributed by atoms with Gasteiger partial charge in [0.05, 0.1) is 0 Å². The van der Waals surface area contributed by atoms with Crippen molar-refractivity contribution in [2.45, 2.75) is 102 Å². The summed E-state index contributed by atoms with van der Waals surface area (Å²) in [6, 6.07) is -2.44. The highest BCUT2D eigenvalue weighted by Gasteiger charge is 2.45. The van der Waals surface area contributed by atoms with Gasteiger partial charge in [-0.05, 0) is 65.8 Å². The first-order valence-corrected chi connectivity index (χ1v) is 12.9. The highest BCUT2D eigenvalue weighted by molar-refractivity contribution is 5.93. The summed E-state index contributed by atoms with van der Waals surface area (Å²) in [6.07, 6.45) is 5.94. The van der Waals surface area contributed by atoms with Gasteiger partial charge in [0.1, 0.15) is 23.7 Å². The van der Waals surface area contributed by atoms with Crippen LogP contribution in [0.15, 0.2) is 0 Å². The van der Waals surface area contributed by atoms with Gasteiger partial charge in [0.15, 0.2) is 0 Å². The van der Waals surface area contributed by atoms with Crippen molar-refractivity contribution in [3.8, 4) is 0 Å². The summed E-state index contributed by atoms with van der Waals surface area (Å²) in [5, 5.41) is 12.8. The molecule has 3 amide bonds. The highest BCUT2D eigenvalue weighted by atomic mass is 16.6. The van der Waals surface area contributed by atoms with Gasteiger partial charge < -0.3 is 20.1 Å². The van der Waals surface area contributed by atoms with E-state index in [1.54, 1.807) is 27.7 Å². The fourth-order valence-corrected chi connectivity index (χ4v) is 5.44. The van der Waals surface area contributed by atoms with E-state index in [-0.39, 0.29) is 17.9 Å². The molecule has 2 heterocycles. The number of hydrogen-bond donors (Lipinski definition) is 2. The molecule has 0 spiro atoms. The number of carboxylic acid groups (broad SMARTS) is 1. The summed E-state index contributed by atoms with van der Waals surface area (Å²) in [5.41, 5.74) is -0.698. The number of ether oxygens (including phenoxy) is 1. The molecule has 2 saturated heterocycles.